The summed E-state index contributed by atoms with van der Waals surface area (Å²) in [5, 5.41) is 3.55. The Kier molecular flexibility index (Phi) is 6.01. The van der Waals surface area contributed by atoms with Crippen LogP contribution in [0.2, 0.25) is 0 Å². The van der Waals surface area contributed by atoms with E-state index in [4.69, 9.17) is 0 Å². The first-order valence-corrected chi connectivity index (χ1v) is 8.46. The second kappa shape index (κ2) is 7.78. The molecule has 1 N–H and O–H groups in total. The van der Waals surface area contributed by atoms with E-state index in [9.17, 15) is 9.59 Å². The van der Waals surface area contributed by atoms with E-state index in [1.807, 2.05) is 11.8 Å². The third-order valence-corrected chi connectivity index (χ3v) is 5.20. The van der Waals surface area contributed by atoms with Gasteiger partial charge in [-0.05, 0) is 31.4 Å². The normalized spacial score (nSPS) is 24.9. The Morgan fingerprint density at radius 2 is 2.11 bits per heavy atom. The Labute approximate surface area is 119 Å². The number of hydrogen-bond donors (Lipinski definition) is 1. The lowest BCUT2D eigenvalue weighted by atomic mass is 10.1. The molecule has 0 aliphatic carbocycles. The Hall–Kier alpha value is -0.710. The van der Waals surface area contributed by atoms with Gasteiger partial charge in [0.05, 0.1) is 6.54 Å². The second-order valence-corrected chi connectivity index (χ2v) is 6.83. The number of nitrogens with one attached hydrogen (secondary N) is 1. The summed E-state index contributed by atoms with van der Waals surface area (Å²) in [7, 11) is 0. The van der Waals surface area contributed by atoms with Crippen LogP contribution in [0.15, 0.2) is 0 Å². The molecule has 2 heterocycles. The Morgan fingerprint density at radius 1 is 1.26 bits per heavy atom. The Balaban J connectivity index is 1.71. The van der Waals surface area contributed by atoms with Crippen LogP contribution in [0.25, 0.3) is 0 Å². The van der Waals surface area contributed by atoms with E-state index in [-0.39, 0.29) is 18.4 Å². The van der Waals surface area contributed by atoms with Gasteiger partial charge < -0.3 is 10.2 Å². The van der Waals surface area contributed by atoms with Crippen LogP contribution in [-0.4, -0.2) is 47.4 Å². The Bertz CT molecular complexity index is 317. The fourth-order valence-corrected chi connectivity index (χ4v) is 3.85. The number of rotatable bonds is 4. The first kappa shape index (κ1) is 14.7. The molecule has 0 bridgehead atoms. The van der Waals surface area contributed by atoms with Gasteiger partial charge in [0.25, 0.3) is 0 Å². The van der Waals surface area contributed by atoms with Crippen LogP contribution in [0.5, 0.6) is 0 Å². The summed E-state index contributed by atoms with van der Waals surface area (Å²) in [6.07, 6.45) is 7.37. The van der Waals surface area contributed by atoms with Crippen LogP contribution in [0.1, 0.15) is 44.9 Å². The summed E-state index contributed by atoms with van der Waals surface area (Å²) in [4.78, 5) is 25.5. The molecule has 2 rings (SSSR count). The predicted molar refractivity (Wildman–Crippen MR) is 78.2 cm³/mol. The van der Waals surface area contributed by atoms with E-state index in [1.54, 1.807) is 4.90 Å². The van der Waals surface area contributed by atoms with Gasteiger partial charge in [0.2, 0.25) is 11.8 Å². The maximum atomic E-state index is 11.9. The number of nitrogens with zero attached hydrogens (tertiary/aromatic N) is 1. The molecule has 108 valence electrons. The highest BCUT2D eigenvalue weighted by Gasteiger charge is 2.20. The molecule has 5 heteroatoms. The highest BCUT2D eigenvalue weighted by atomic mass is 32.2. The van der Waals surface area contributed by atoms with Crippen molar-refractivity contribution in [1.82, 2.24) is 10.2 Å². The molecule has 0 aromatic heterocycles. The van der Waals surface area contributed by atoms with Crippen molar-refractivity contribution in [2.75, 3.05) is 25.4 Å². The van der Waals surface area contributed by atoms with Crippen molar-refractivity contribution >= 4 is 23.6 Å². The maximum absolute atomic E-state index is 11.9. The summed E-state index contributed by atoms with van der Waals surface area (Å²) in [6.45, 7) is 1.74. The number of amides is 2. The van der Waals surface area contributed by atoms with Gasteiger partial charge in [-0.1, -0.05) is 12.8 Å². The summed E-state index contributed by atoms with van der Waals surface area (Å²) in [5.41, 5.74) is 0. The number of carbonyl (C=O) groups is 2. The molecule has 0 radical (unpaired) electrons. The molecule has 2 fully saturated rings. The van der Waals surface area contributed by atoms with Crippen molar-refractivity contribution in [3.8, 4) is 0 Å². The second-order valence-electron chi connectivity index (χ2n) is 5.42. The van der Waals surface area contributed by atoms with Crippen molar-refractivity contribution < 1.29 is 9.59 Å². The van der Waals surface area contributed by atoms with E-state index in [1.165, 1.54) is 25.0 Å². The van der Waals surface area contributed by atoms with Crippen LogP contribution < -0.4 is 5.32 Å². The van der Waals surface area contributed by atoms with Crippen LogP contribution in [0.3, 0.4) is 0 Å². The first-order valence-electron chi connectivity index (χ1n) is 7.42. The summed E-state index contributed by atoms with van der Waals surface area (Å²) in [6, 6.07) is 0. The van der Waals surface area contributed by atoms with Crippen LogP contribution >= 0.6 is 11.8 Å². The van der Waals surface area contributed by atoms with E-state index in [0.717, 1.165) is 32.4 Å². The fraction of sp³-hybridized carbons (Fsp3) is 0.857. The van der Waals surface area contributed by atoms with Crippen molar-refractivity contribution in [3.63, 3.8) is 0 Å². The largest absolute Gasteiger partial charge is 0.353 e. The lowest BCUT2D eigenvalue weighted by molar-refractivity contribution is -0.136. The average molecular weight is 284 g/mol. The minimum absolute atomic E-state index is 0.00132. The molecule has 2 aliphatic rings. The molecule has 0 unspecified atom stereocenters. The van der Waals surface area contributed by atoms with E-state index < -0.39 is 0 Å². The van der Waals surface area contributed by atoms with Crippen molar-refractivity contribution in [2.24, 2.45) is 0 Å². The molecule has 1 atom stereocenters. The van der Waals surface area contributed by atoms with Gasteiger partial charge in [0, 0.05) is 24.8 Å². The van der Waals surface area contributed by atoms with Crippen molar-refractivity contribution in [2.45, 2.75) is 50.2 Å². The summed E-state index contributed by atoms with van der Waals surface area (Å²) >= 11 is 1.94. The molecule has 2 amide bonds. The quantitative estimate of drug-likeness (QED) is 0.856. The number of hydrogen-bond acceptors (Lipinski definition) is 3. The molecular formula is C14H24N2O2S. The van der Waals surface area contributed by atoms with Gasteiger partial charge in [0.15, 0.2) is 0 Å². The van der Waals surface area contributed by atoms with Crippen molar-refractivity contribution in [3.05, 3.63) is 0 Å². The summed E-state index contributed by atoms with van der Waals surface area (Å²) < 4.78 is 0. The number of carbonyl (C=O) groups excluding carboxylic acids is 2. The zero-order valence-electron chi connectivity index (χ0n) is 11.5. The first-order chi connectivity index (χ1) is 9.25. The third kappa shape index (κ3) is 5.05. The highest BCUT2D eigenvalue weighted by molar-refractivity contribution is 8.00. The fourth-order valence-electron chi connectivity index (χ4n) is 2.64. The monoisotopic (exact) mass is 284 g/mol. The van der Waals surface area contributed by atoms with Gasteiger partial charge in [-0.15, -0.1) is 0 Å². The van der Waals surface area contributed by atoms with Gasteiger partial charge in [-0.3, -0.25) is 9.59 Å². The average Bonchev–Trinajstić information content (AvgIpc) is 2.89. The van der Waals surface area contributed by atoms with Crippen molar-refractivity contribution in [1.29, 1.82) is 0 Å². The molecule has 0 aromatic carbocycles. The third-order valence-electron chi connectivity index (χ3n) is 3.81. The van der Waals surface area contributed by atoms with E-state index in [0.29, 0.717) is 11.7 Å². The minimum Gasteiger partial charge on any atom is -0.353 e. The maximum Gasteiger partial charge on any atom is 0.239 e. The van der Waals surface area contributed by atoms with Gasteiger partial charge in [0.1, 0.15) is 0 Å². The molecule has 0 saturated carbocycles. The molecular weight excluding hydrogens is 260 g/mol. The molecule has 4 nitrogen and oxygen atoms in total. The topological polar surface area (TPSA) is 49.4 Å². The Morgan fingerprint density at radius 3 is 2.89 bits per heavy atom. The SMILES string of the molecule is O=C(CN1CCCCCCC1=O)NC[C@@H]1CCCS1. The standard InChI is InChI=1S/C14H24N2O2S/c17-13(15-10-12-6-5-9-19-12)11-16-8-4-2-1-3-7-14(16)18/h12H,1-11H2,(H,15,17)/t12-/m0/s1. The lowest BCUT2D eigenvalue weighted by Crippen LogP contribution is -2.42. The van der Waals surface area contributed by atoms with Gasteiger partial charge in [-0.2, -0.15) is 11.8 Å². The van der Waals surface area contributed by atoms with E-state index in [2.05, 4.69) is 5.32 Å². The molecule has 0 aromatic rings. The summed E-state index contributed by atoms with van der Waals surface area (Å²) in [5.74, 6) is 1.36. The number of thioether (sulfide) groups is 1. The highest BCUT2D eigenvalue weighted by Crippen LogP contribution is 2.25. The molecule has 0 spiro atoms. The smallest absolute Gasteiger partial charge is 0.239 e. The minimum atomic E-state index is 0.00132. The van der Waals surface area contributed by atoms with Crippen LogP contribution in [0, 0.1) is 0 Å². The van der Waals surface area contributed by atoms with Crippen LogP contribution in [0.4, 0.5) is 0 Å². The zero-order chi connectivity index (χ0) is 13.5. The lowest BCUT2D eigenvalue weighted by Gasteiger charge is -2.24. The number of likely N-dealkylation sites (tertiary alicyclic amines) is 1. The molecule has 2 saturated heterocycles. The molecule has 2 aliphatic heterocycles. The molecule has 19 heavy (non-hydrogen) atoms. The predicted octanol–water partition coefficient (Wildman–Crippen LogP) is 1.79. The van der Waals surface area contributed by atoms with Gasteiger partial charge in [-0.25, -0.2) is 0 Å². The van der Waals surface area contributed by atoms with E-state index >= 15 is 0 Å². The zero-order valence-corrected chi connectivity index (χ0v) is 12.3. The van der Waals surface area contributed by atoms with Gasteiger partial charge >= 0.3 is 0 Å². The van der Waals surface area contributed by atoms with Crippen LogP contribution in [-0.2, 0) is 9.59 Å².